The fourth-order valence-electron chi connectivity index (χ4n) is 1.41. The molecule has 2 nitrogen and oxygen atoms in total. The van der Waals surface area contributed by atoms with Gasteiger partial charge in [0.15, 0.2) is 0 Å². The second kappa shape index (κ2) is 7.07. The molecule has 90 valence electrons. The number of rotatable bonds is 6. The van der Waals surface area contributed by atoms with Crippen molar-refractivity contribution in [3.8, 4) is 0 Å². The standard InChI is InChI=1S/C12H18BrNOS/c1-9(2)5-3-4-6-14-12(15)10-7-11(13)16-8-10/h7-9H,3-6H2,1-2H3,(H,14,15). The summed E-state index contributed by atoms with van der Waals surface area (Å²) in [6.07, 6.45) is 3.49. The molecule has 0 aliphatic carbocycles. The molecule has 0 aromatic carbocycles. The van der Waals surface area contributed by atoms with E-state index in [0.717, 1.165) is 28.2 Å². The summed E-state index contributed by atoms with van der Waals surface area (Å²) in [7, 11) is 0. The predicted octanol–water partition coefficient (Wildman–Crippen LogP) is 4.07. The number of thiophene rings is 1. The molecule has 0 aliphatic heterocycles. The van der Waals surface area contributed by atoms with Crippen LogP contribution < -0.4 is 5.32 Å². The van der Waals surface area contributed by atoms with Crippen molar-refractivity contribution in [1.82, 2.24) is 5.32 Å². The van der Waals surface area contributed by atoms with E-state index in [9.17, 15) is 4.79 Å². The van der Waals surface area contributed by atoms with Gasteiger partial charge in [0, 0.05) is 11.9 Å². The molecule has 16 heavy (non-hydrogen) atoms. The van der Waals surface area contributed by atoms with Crippen LogP contribution in [-0.4, -0.2) is 12.5 Å². The predicted molar refractivity (Wildman–Crippen MR) is 73.0 cm³/mol. The van der Waals surface area contributed by atoms with Gasteiger partial charge in [0.25, 0.3) is 5.91 Å². The summed E-state index contributed by atoms with van der Waals surface area (Å²) in [5.74, 6) is 0.787. The molecule has 1 N–H and O–H groups in total. The van der Waals surface area contributed by atoms with Crippen LogP contribution in [0.2, 0.25) is 0 Å². The zero-order valence-electron chi connectivity index (χ0n) is 9.75. The molecule has 0 bridgehead atoms. The van der Waals surface area contributed by atoms with E-state index in [1.807, 2.05) is 11.4 Å². The van der Waals surface area contributed by atoms with Crippen molar-refractivity contribution in [3.63, 3.8) is 0 Å². The second-order valence-corrected chi connectivity index (χ2v) is 6.58. The summed E-state index contributed by atoms with van der Waals surface area (Å²) in [5.41, 5.74) is 0.751. The van der Waals surface area contributed by atoms with Crippen LogP contribution in [0.1, 0.15) is 43.5 Å². The van der Waals surface area contributed by atoms with Gasteiger partial charge in [-0.05, 0) is 34.3 Å². The second-order valence-electron chi connectivity index (χ2n) is 4.29. The summed E-state index contributed by atoms with van der Waals surface area (Å²) in [5, 5.41) is 4.80. The van der Waals surface area contributed by atoms with Gasteiger partial charge in [0.2, 0.25) is 0 Å². The smallest absolute Gasteiger partial charge is 0.252 e. The molecule has 0 saturated heterocycles. The Kier molecular flexibility index (Phi) is 6.06. The number of carbonyl (C=O) groups is 1. The lowest BCUT2D eigenvalue weighted by Gasteiger charge is -2.05. The molecule has 1 rings (SSSR count). The summed E-state index contributed by atoms with van der Waals surface area (Å²) in [4.78, 5) is 11.6. The van der Waals surface area contributed by atoms with Crippen molar-refractivity contribution in [2.45, 2.75) is 33.1 Å². The molecule has 1 amide bonds. The fourth-order valence-corrected chi connectivity index (χ4v) is 2.55. The van der Waals surface area contributed by atoms with Crippen molar-refractivity contribution in [2.75, 3.05) is 6.54 Å². The van der Waals surface area contributed by atoms with Crippen LogP contribution in [0.4, 0.5) is 0 Å². The first-order valence-corrected chi connectivity index (χ1v) is 7.29. The molecule has 4 heteroatoms. The maximum atomic E-state index is 11.6. The van der Waals surface area contributed by atoms with Crippen molar-refractivity contribution >= 4 is 33.2 Å². The van der Waals surface area contributed by atoms with Crippen molar-refractivity contribution in [1.29, 1.82) is 0 Å². The van der Waals surface area contributed by atoms with E-state index in [2.05, 4.69) is 35.1 Å². The minimum atomic E-state index is 0.0338. The van der Waals surface area contributed by atoms with Gasteiger partial charge in [-0.25, -0.2) is 0 Å². The first-order valence-electron chi connectivity index (χ1n) is 5.62. The van der Waals surface area contributed by atoms with Gasteiger partial charge in [-0.2, -0.15) is 0 Å². The zero-order chi connectivity index (χ0) is 12.0. The van der Waals surface area contributed by atoms with E-state index in [4.69, 9.17) is 0 Å². The summed E-state index contributed by atoms with van der Waals surface area (Å²) >= 11 is 4.88. The lowest BCUT2D eigenvalue weighted by Crippen LogP contribution is -2.23. The van der Waals surface area contributed by atoms with Crippen molar-refractivity contribution in [3.05, 3.63) is 20.8 Å². The maximum Gasteiger partial charge on any atom is 0.252 e. The van der Waals surface area contributed by atoms with E-state index >= 15 is 0 Å². The van der Waals surface area contributed by atoms with E-state index < -0.39 is 0 Å². The lowest BCUT2D eigenvalue weighted by atomic mass is 10.1. The van der Waals surface area contributed by atoms with Gasteiger partial charge >= 0.3 is 0 Å². The molecule has 1 aromatic heterocycles. The summed E-state index contributed by atoms with van der Waals surface area (Å²) < 4.78 is 0.998. The highest BCUT2D eigenvalue weighted by Gasteiger charge is 2.06. The van der Waals surface area contributed by atoms with Crippen LogP contribution in [0.3, 0.4) is 0 Å². The Morgan fingerprint density at radius 1 is 1.50 bits per heavy atom. The van der Waals surface area contributed by atoms with Crippen LogP contribution in [0.5, 0.6) is 0 Å². The molecule has 0 radical (unpaired) electrons. The maximum absolute atomic E-state index is 11.6. The Hall–Kier alpha value is -0.350. The van der Waals surface area contributed by atoms with E-state index in [-0.39, 0.29) is 5.91 Å². The molecule has 0 fully saturated rings. The first kappa shape index (κ1) is 13.7. The molecule has 1 aromatic rings. The van der Waals surface area contributed by atoms with E-state index in [0.29, 0.717) is 0 Å². The highest BCUT2D eigenvalue weighted by Crippen LogP contribution is 2.20. The lowest BCUT2D eigenvalue weighted by molar-refractivity contribution is 0.0953. The van der Waals surface area contributed by atoms with Crippen molar-refractivity contribution < 1.29 is 4.79 Å². The minimum absolute atomic E-state index is 0.0338. The molecule has 0 saturated carbocycles. The van der Waals surface area contributed by atoms with Crippen LogP contribution in [0.15, 0.2) is 15.2 Å². The largest absolute Gasteiger partial charge is 0.352 e. The normalized spacial score (nSPS) is 10.8. The topological polar surface area (TPSA) is 29.1 Å². The van der Waals surface area contributed by atoms with Crippen LogP contribution in [0, 0.1) is 5.92 Å². The number of unbranched alkanes of at least 4 members (excludes halogenated alkanes) is 1. The molecule has 0 spiro atoms. The van der Waals surface area contributed by atoms with Crippen LogP contribution in [-0.2, 0) is 0 Å². The van der Waals surface area contributed by atoms with Crippen molar-refractivity contribution in [2.24, 2.45) is 5.92 Å². The number of nitrogens with one attached hydrogen (secondary N) is 1. The highest BCUT2D eigenvalue weighted by molar-refractivity contribution is 9.11. The molecule has 1 heterocycles. The fraction of sp³-hybridized carbons (Fsp3) is 0.583. The number of amides is 1. The molecule has 0 atom stereocenters. The molecule has 0 aliphatic rings. The Morgan fingerprint density at radius 3 is 2.81 bits per heavy atom. The average Bonchev–Trinajstić information content (AvgIpc) is 2.63. The van der Waals surface area contributed by atoms with Gasteiger partial charge in [0.1, 0.15) is 0 Å². The number of hydrogen-bond acceptors (Lipinski definition) is 2. The van der Waals surface area contributed by atoms with Gasteiger partial charge in [-0.15, -0.1) is 11.3 Å². The average molecular weight is 304 g/mol. The van der Waals surface area contributed by atoms with Crippen LogP contribution in [0.25, 0.3) is 0 Å². The third-order valence-electron chi connectivity index (χ3n) is 2.32. The van der Waals surface area contributed by atoms with Gasteiger partial charge in [0.05, 0.1) is 9.35 Å². The van der Waals surface area contributed by atoms with E-state index in [1.165, 1.54) is 24.2 Å². The number of hydrogen-bond donors (Lipinski definition) is 1. The Balaban J connectivity index is 2.16. The zero-order valence-corrected chi connectivity index (χ0v) is 12.2. The number of carbonyl (C=O) groups excluding carboxylic acids is 1. The highest BCUT2D eigenvalue weighted by atomic mass is 79.9. The third kappa shape index (κ3) is 5.12. The molecular weight excluding hydrogens is 286 g/mol. The monoisotopic (exact) mass is 303 g/mol. The molecule has 0 unspecified atom stereocenters. The Labute approximate surface area is 110 Å². The number of halogens is 1. The molecular formula is C12H18BrNOS. The van der Waals surface area contributed by atoms with Gasteiger partial charge < -0.3 is 5.32 Å². The SMILES string of the molecule is CC(C)CCCCNC(=O)c1csc(Br)c1. The summed E-state index contributed by atoms with van der Waals surface area (Å²) in [6, 6.07) is 1.86. The summed E-state index contributed by atoms with van der Waals surface area (Å²) in [6.45, 7) is 5.22. The minimum Gasteiger partial charge on any atom is -0.352 e. The van der Waals surface area contributed by atoms with E-state index in [1.54, 1.807) is 0 Å². The Morgan fingerprint density at radius 2 is 2.25 bits per heavy atom. The Bertz CT molecular complexity index is 336. The van der Waals surface area contributed by atoms with Gasteiger partial charge in [-0.1, -0.05) is 26.7 Å². The third-order valence-corrected chi connectivity index (χ3v) is 3.83. The quantitative estimate of drug-likeness (QED) is 0.789. The first-order chi connectivity index (χ1) is 7.59. The van der Waals surface area contributed by atoms with Gasteiger partial charge in [-0.3, -0.25) is 4.79 Å². The van der Waals surface area contributed by atoms with Crippen LogP contribution >= 0.6 is 27.3 Å².